The Morgan fingerprint density at radius 2 is 2.06 bits per heavy atom. The van der Waals surface area contributed by atoms with Gasteiger partial charge in [0.1, 0.15) is 0 Å². The molecule has 0 saturated carbocycles. The van der Waals surface area contributed by atoms with Gasteiger partial charge in [-0.1, -0.05) is 17.7 Å². The van der Waals surface area contributed by atoms with Gasteiger partial charge in [0.05, 0.1) is 14.2 Å². The highest BCUT2D eigenvalue weighted by Crippen LogP contribution is 2.35. The van der Waals surface area contributed by atoms with Crippen LogP contribution in [-0.4, -0.2) is 14.2 Å². The lowest BCUT2D eigenvalue weighted by molar-refractivity contribution is 0.349. The molecule has 0 heterocycles. The van der Waals surface area contributed by atoms with Crippen molar-refractivity contribution in [3.05, 3.63) is 35.9 Å². The van der Waals surface area contributed by atoms with Crippen molar-refractivity contribution in [2.45, 2.75) is 19.4 Å². The molecule has 0 aliphatic heterocycles. The smallest absolute Gasteiger partial charge is 0.165 e. The van der Waals surface area contributed by atoms with Gasteiger partial charge in [0.25, 0.3) is 0 Å². The Balaban J connectivity index is 3.07. The molecule has 0 amide bonds. The maximum absolute atomic E-state index is 6.10. The topological polar surface area (TPSA) is 44.5 Å². The molecule has 0 aliphatic rings. The van der Waals surface area contributed by atoms with Crippen LogP contribution in [0, 0.1) is 0 Å². The van der Waals surface area contributed by atoms with Crippen LogP contribution >= 0.6 is 0 Å². The van der Waals surface area contributed by atoms with E-state index in [4.69, 9.17) is 15.2 Å². The molecule has 3 nitrogen and oxygen atoms in total. The Morgan fingerprint density at radius 1 is 1.38 bits per heavy atom. The summed E-state index contributed by atoms with van der Waals surface area (Å²) >= 11 is 0. The highest BCUT2D eigenvalue weighted by molar-refractivity contribution is 5.48. The van der Waals surface area contributed by atoms with Gasteiger partial charge in [-0.15, -0.1) is 6.58 Å². The molecule has 0 aliphatic carbocycles. The zero-order valence-electron chi connectivity index (χ0n) is 10.1. The predicted molar refractivity (Wildman–Crippen MR) is 65.9 cm³/mol. The van der Waals surface area contributed by atoms with Crippen molar-refractivity contribution in [3.8, 4) is 11.5 Å². The van der Waals surface area contributed by atoms with E-state index in [-0.39, 0.29) is 6.04 Å². The molecule has 1 aromatic carbocycles. The summed E-state index contributed by atoms with van der Waals surface area (Å²) in [6.45, 7) is 5.83. The molecule has 1 atom stereocenters. The van der Waals surface area contributed by atoms with Crippen molar-refractivity contribution in [2.24, 2.45) is 5.73 Å². The minimum Gasteiger partial charge on any atom is -0.493 e. The number of ether oxygens (including phenoxy) is 2. The van der Waals surface area contributed by atoms with E-state index in [9.17, 15) is 0 Å². The highest BCUT2D eigenvalue weighted by atomic mass is 16.5. The van der Waals surface area contributed by atoms with Gasteiger partial charge in [-0.2, -0.15) is 0 Å². The first kappa shape index (κ1) is 12.6. The molecule has 88 valence electrons. The van der Waals surface area contributed by atoms with Gasteiger partial charge in [0, 0.05) is 11.6 Å². The quantitative estimate of drug-likeness (QED) is 0.777. The van der Waals surface area contributed by atoms with Crippen molar-refractivity contribution in [1.82, 2.24) is 0 Å². The zero-order chi connectivity index (χ0) is 12.1. The first-order valence-corrected chi connectivity index (χ1v) is 5.21. The van der Waals surface area contributed by atoms with Crippen LogP contribution in [0.5, 0.6) is 11.5 Å². The van der Waals surface area contributed by atoms with Crippen molar-refractivity contribution in [1.29, 1.82) is 0 Å². The third-order valence-electron chi connectivity index (χ3n) is 2.40. The molecule has 1 rings (SSSR count). The second-order valence-electron chi connectivity index (χ2n) is 3.85. The summed E-state index contributed by atoms with van der Waals surface area (Å²) < 4.78 is 10.6. The van der Waals surface area contributed by atoms with Crippen LogP contribution < -0.4 is 15.2 Å². The second-order valence-corrected chi connectivity index (χ2v) is 3.85. The molecule has 1 aromatic rings. The summed E-state index contributed by atoms with van der Waals surface area (Å²) in [5.41, 5.74) is 8.10. The number of nitrogens with two attached hydrogens (primary N) is 1. The van der Waals surface area contributed by atoms with Gasteiger partial charge in [0.2, 0.25) is 0 Å². The van der Waals surface area contributed by atoms with E-state index < -0.39 is 0 Å². The summed E-state index contributed by atoms with van der Waals surface area (Å²) in [4.78, 5) is 0. The molecule has 0 fully saturated rings. The van der Waals surface area contributed by atoms with Crippen LogP contribution in [0.4, 0.5) is 0 Å². The van der Waals surface area contributed by atoms with Gasteiger partial charge in [-0.3, -0.25) is 0 Å². The molecule has 0 aromatic heterocycles. The van der Waals surface area contributed by atoms with Crippen LogP contribution in [0.15, 0.2) is 30.4 Å². The summed E-state index contributed by atoms with van der Waals surface area (Å²) in [6.07, 6.45) is 0.740. The Bertz CT molecular complexity index is 374. The van der Waals surface area contributed by atoms with Crippen molar-refractivity contribution < 1.29 is 9.47 Å². The number of hydrogen-bond acceptors (Lipinski definition) is 3. The van der Waals surface area contributed by atoms with E-state index in [0.717, 1.165) is 17.6 Å². The number of benzene rings is 1. The third kappa shape index (κ3) is 2.76. The molecule has 16 heavy (non-hydrogen) atoms. The normalized spacial score (nSPS) is 12.0. The largest absolute Gasteiger partial charge is 0.493 e. The van der Waals surface area contributed by atoms with E-state index in [0.29, 0.717) is 11.5 Å². The average Bonchev–Trinajstić information content (AvgIpc) is 2.26. The Kier molecular flexibility index (Phi) is 4.38. The molecule has 0 unspecified atom stereocenters. The average molecular weight is 221 g/mol. The molecule has 0 radical (unpaired) electrons. The van der Waals surface area contributed by atoms with E-state index in [1.165, 1.54) is 0 Å². The van der Waals surface area contributed by atoms with E-state index in [1.807, 2.05) is 25.1 Å². The minimum absolute atomic E-state index is 0.109. The number of para-hydroxylation sites is 1. The minimum atomic E-state index is -0.109. The van der Waals surface area contributed by atoms with Crippen molar-refractivity contribution in [2.75, 3.05) is 14.2 Å². The molecule has 0 bridgehead atoms. The fourth-order valence-corrected chi connectivity index (χ4v) is 1.69. The monoisotopic (exact) mass is 221 g/mol. The van der Waals surface area contributed by atoms with Crippen LogP contribution in [-0.2, 0) is 0 Å². The Morgan fingerprint density at radius 3 is 2.56 bits per heavy atom. The van der Waals surface area contributed by atoms with Crippen LogP contribution in [0.3, 0.4) is 0 Å². The summed E-state index contributed by atoms with van der Waals surface area (Å²) in [5, 5.41) is 0. The van der Waals surface area contributed by atoms with E-state index >= 15 is 0 Å². The summed E-state index contributed by atoms with van der Waals surface area (Å²) in [5.74, 6) is 1.41. The highest BCUT2D eigenvalue weighted by Gasteiger charge is 2.15. The van der Waals surface area contributed by atoms with Gasteiger partial charge in [0.15, 0.2) is 11.5 Å². The fourth-order valence-electron chi connectivity index (χ4n) is 1.69. The number of rotatable bonds is 5. The first-order valence-electron chi connectivity index (χ1n) is 5.21. The van der Waals surface area contributed by atoms with Crippen LogP contribution in [0.2, 0.25) is 0 Å². The zero-order valence-corrected chi connectivity index (χ0v) is 10.1. The third-order valence-corrected chi connectivity index (χ3v) is 2.40. The molecule has 3 heteroatoms. The molecule has 0 spiro atoms. The first-order chi connectivity index (χ1) is 7.60. The van der Waals surface area contributed by atoms with Gasteiger partial charge >= 0.3 is 0 Å². The second kappa shape index (κ2) is 5.56. The molecular formula is C13H19NO2. The molecule has 0 saturated heterocycles. The SMILES string of the molecule is C=C(C)C[C@H](N)c1cccc(OC)c1OC. The molecular weight excluding hydrogens is 202 g/mol. The lowest BCUT2D eigenvalue weighted by Crippen LogP contribution is -2.12. The fraction of sp³-hybridized carbons (Fsp3) is 0.385. The lowest BCUT2D eigenvalue weighted by Gasteiger charge is -2.17. The van der Waals surface area contributed by atoms with Crippen LogP contribution in [0.25, 0.3) is 0 Å². The van der Waals surface area contributed by atoms with Gasteiger partial charge in [-0.05, 0) is 19.4 Å². The Hall–Kier alpha value is -1.48. The standard InChI is InChI=1S/C13H19NO2/c1-9(2)8-11(14)10-6-5-7-12(15-3)13(10)16-4/h5-7,11H,1,8,14H2,2-4H3/t11-/m0/s1. The number of methoxy groups -OCH3 is 2. The maximum atomic E-state index is 6.10. The molecule has 2 N–H and O–H groups in total. The number of hydrogen-bond donors (Lipinski definition) is 1. The lowest BCUT2D eigenvalue weighted by atomic mass is 10.00. The van der Waals surface area contributed by atoms with E-state index in [1.54, 1.807) is 14.2 Å². The van der Waals surface area contributed by atoms with Gasteiger partial charge < -0.3 is 15.2 Å². The van der Waals surface area contributed by atoms with Crippen molar-refractivity contribution in [3.63, 3.8) is 0 Å². The summed E-state index contributed by atoms with van der Waals surface area (Å²) in [6, 6.07) is 5.61. The predicted octanol–water partition coefficient (Wildman–Crippen LogP) is 2.67. The van der Waals surface area contributed by atoms with Crippen molar-refractivity contribution >= 4 is 0 Å². The van der Waals surface area contributed by atoms with Gasteiger partial charge in [-0.25, -0.2) is 0 Å². The maximum Gasteiger partial charge on any atom is 0.165 e. The van der Waals surface area contributed by atoms with E-state index in [2.05, 4.69) is 6.58 Å². The Labute approximate surface area is 96.9 Å². The van der Waals surface area contributed by atoms with Crippen LogP contribution in [0.1, 0.15) is 24.9 Å². The summed E-state index contributed by atoms with van der Waals surface area (Å²) in [7, 11) is 3.24.